The minimum Gasteiger partial charge on any atom is -0.351 e. The molecule has 1 heterocycles. The molecule has 1 aromatic heterocycles. The topological polar surface area (TPSA) is 58.2 Å². The molecular formula is C15H13F3N2O2S. The number of benzene rings is 1. The van der Waals surface area contributed by atoms with Gasteiger partial charge in [0.15, 0.2) is 0 Å². The number of amides is 2. The van der Waals surface area contributed by atoms with Gasteiger partial charge in [0.1, 0.15) is 0 Å². The third-order valence-corrected chi connectivity index (χ3v) is 3.60. The van der Waals surface area contributed by atoms with Gasteiger partial charge in [0.05, 0.1) is 5.56 Å². The predicted octanol–water partition coefficient (Wildman–Crippen LogP) is 3.53. The molecule has 0 aliphatic heterocycles. The normalized spacial score (nSPS) is 11.1. The van der Waals surface area contributed by atoms with Crippen molar-refractivity contribution in [1.82, 2.24) is 5.32 Å². The van der Waals surface area contributed by atoms with Crippen molar-refractivity contribution in [3.8, 4) is 0 Å². The summed E-state index contributed by atoms with van der Waals surface area (Å²) >= 11 is 1.39. The van der Waals surface area contributed by atoms with Gasteiger partial charge in [-0.2, -0.15) is 24.5 Å². The summed E-state index contributed by atoms with van der Waals surface area (Å²) in [7, 11) is 0. The zero-order valence-corrected chi connectivity index (χ0v) is 12.6. The van der Waals surface area contributed by atoms with Crippen LogP contribution in [0.5, 0.6) is 0 Å². The molecule has 23 heavy (non-hydrogen) atoms. The molecule has 2 N–H and O–H groups in total. The summed E-state index contributed by atoms with van der Waals surface area (Å²) in [5, 5.41) is 8.52. The van der Waals surface area contributed by atoms with Crippen molar-refractivity contribution >= 4 is 28.8 Å². The highest BCUT2D eigenvalue weighted by Crippen LogP contribution is 2.29. The highest BCUT2D eigenvalue weighted by molar-refractivity contribution is 7.08. The first-order valence-corrected chi connectivity index (χ1v) is 7.58. The van der Waals surface area contributed by atoms with Crippen molar-refractivity contribution in [3.05, 3.63) is 52.2 Å². The molecule has 0 aliphatic carbocycles. The van der Waals surface area contributed by atoms with Crippen LogP contribution >= 0.6 is 11.3 Å². The first-order chi connectivity index (χ1) is 10.9. The Morgan fingerprint density at radius 2 is 1.78 bits per heavy atom. The maximum Gasteiger partial charge on any atom is 0.416 e. The van der Waals surface area contributed by atoms with Crippen LogP contribution in [0.15, 0.2) is 41.1 Å². The Bertz CT molecular complexity index is 667. The van der Waals surface area contributed by atoms with Crippen LogP contribution in [0.1, 0.15) is 22.3 Å². The molecule has 2 amide bonds. The van der Waals surface area contributed by atoms with Gasteiger partial charge in [-0.1, -0.05) is 0 Å². The minimum atomic E-state index is -4.41. The number of carbonyl (C=O) groups excluding carboxylic acids is 2. The van der Waals surface area contributed by atoms with E-state index in [-0.39, 0.29) is 24.6 Å². The van der Waals surface area contributed by atoms with E-state index in [0.29, 0.717) is 5.56 Å². The van der Waals surface area contributed by atoms with E-state index in [1.807, 2.05) is 0 Å². The number of hydrogen-bond donors (Lipinski definition) is 2. The molecule has 0 spiro atoms. The SMILES string of the molecule is O=C(CCNC(=O)c1ccsc1)Nc1ccc(C(F)(F)F)cc1. The summed E-state index contributed by atoms with van der Waals surface area (Å²) < 4.78 is 37.2. The highest BCUT2D eigenvalue weighted by Gasteiger charge is 2.29. The Balaban J connectivity index is 1.77. The molecule has 0 fully saturated rings. The number of hydrogen-bond acceptors (Lipinski definition) is 3. The summed E-state index contributed by atoms with van der Waals surface area (Å²) in [5.74, 6) is -0.663. The van der Waals surface area contributed by atoms with E-state index in [1.165, 1.54) is 23.5 Å². The van der Waals surface area contributed by atoms with Crippen LogP contribution in [0, 0.1) is 0 Å². The van der Waals surface area contributed by atoms with Crippen LogP contribution in [0.3, 0.4) is 0 Å². The van der Waals surface area contributed by atoms with E-state index in [0.717, 1.165) is 12.1 Å². The Hall–Kier alpha value is -2.35. The number of thiophene rings is 1. The second kappa shape index (κ2) is 7.28. The van der Waals surface area contributed by atoms with Gasteiger partial charge >= 0.3 is 6.18 Å². The maximum absolute atomic E-state index is 12.4. The second-order valence-electron chi connectivity index (χ2n) is 4.64. The van der Waals surface area contributed by atoms with Crippen molar-refractivity contribution < 1.29 is 22.8 Å². The van der Waals surface area contributed by atoms with Crippen LogP contribution in [0.2, 0.25) is 0 Å². The molecule has 1 aromatic carbocycles. The smallest absolute Gasteiger partial charge is 0.351 e. The van der Waals surface area contributed by atoms with Crippen molar-refractivity contribution in [2.75, 3.05) is 11.9 Å². The van der Waals surface area contributed by atoms with E-state index < -0.39 is 17.6 Å². The van der Waals surface area contributed by atoms with Crippen molar-refractivity contribution in [1.29, 1.82) is 0 Å². The largest absolute Gasteiger partial charge is 0.416 e. The minimum absolute atomic E-state index is 0.0247. The van der Waals surface area contributed by atoms with Crippen LogP contribution in [0.25, 0.3) is 0 Å². The van der Waals surface area contributed by atoms with Crippen molar-refractivity contribution in [2.45, 2.75) is 12.6 Å². The average molecular weight is 342 g/mol. The Labute approximate surface area is 134 Å². The van der Waals surface area contributed by atoms with E-state index >= 15 is 0 Å². The molecule has 0 aliphatic rings. The van der Waals surface area contributed by atoms with Gasteiger partial charge in [-0.3, -0.25) is 9.59 Å². The summed E-state index contributed by atoms with van der Waals surface area (Å²) in [6, 6.07) is 5.83. The molecule has 0 saturated carbocycles. The molecule has 0 atom stereocenters. The average Bonchev–Trinajstić information content (AvgIpc) is 3.01. The number of carbonyl (C=O) groups is 2. The Morgan fingerprint density at radius 3 is 2.35 bits per heavy atom. The lowest BCUT2D eigenvalue weighted by atomic mass is 10.2. The fourth-order valence-electron chi connectivity index (χ4n) is 1.75. The number of halogens is 3. The fourth-order valence-corrected chi connectivity index (χ4v) is 2.39. The van der Waals surface area contributed by atoms with Gasteiger partial charge in [0.25, 0.3) is 5.91 Å². The van der Waals surface area contributed by atoms with Gasteiger partial charge in [0.2, 0.25) is 5.91 Å². The van der Waals surface area contributed by atoms with E-state index in [4.69, 9.17) is 0 Å². The Kier molecular flexibility index (Phi) is 5.38. The first-order valence-electron chi connectivity index (χ1n) is 6.64. The summed E-state index contributed by atoms with van der Waals surface area (Å²) in [4.78, 5) is 23.3. The van der Waals surface area contributed by atoms with Gasteiger partial charge < -0.3 is 10.6 Å². The zero-order valence-electron chi connectivity index (χ0n) is 11.8. The lowest BCUT2D eigenvalue weighted by Gasteiger charge is -2.09. The summed E-state index contributed by atoms with van der Waals surface area (Å²) in [5.41, 5.74) is 0.0174. The molecule has 122 valence electrons. The summed E-state index contributed by atoms with van der Waals surface area (Å²) in [6.07, 6.45) is -4.38. The molecule has 8 heteroatoms. The van der Waals surface area contributed by atoms with Crippen LogP contribution in [0.4, 0.5) is 18.9 Å². The molecule has 0 saturated heterocycles. The van der Waals surface area contributed by atoms with Gasteiger partial charge in [-0.15, -0.1) is 0 Å². The lowest BCUT2D eigenvalue weighted by Crippen LogP contribution is -2.27. The quantitative estimate of drug-likeness (QED) is 0.873. The fraction of sp³-hybridized carbons (Fsp3) is 0.200. The van der Waals surface area contributed by atoms with Crippen molar-refractivity contribution in [2.24, 2.45) is 0 Å². The second-order valence-corrected chi connectivity index (χ2v) is 5.42. The number of alkyl halides is 3. The third kappa shape index (κ3) is 5.10. The molecule has 2 aromatic rings. The van der Waals surface area contributed by atoms with Crippen LogP contribution in [-0.4, -0.2) is 18.4 Å². The number of anilines is 1. The molecule has 0 bridgehead atoms. The number of rotatable bonds is 5. The van der Waals surface area contributed by atoms with Crippen LogP contribution < -0.4 is 10.6 Å². The van der Waals surface area contributed by atoms with Crippen molar-refractivity contribution in [3.63, 3.8) is 0 Å². The zero-order chi connectivity index (χ0) is 16.9. The standard InChI is InChI=1S/C15H13F3N2O2S/c16-15(17,18)11-1-3-12(4-2-11)20-13(21)5-7-19-14(22)10-6-8-23-9-10/h1-4,6,8-9H,5,7H2,(H,19,22)(H,20,21). The van der Waals surface area contributed by atoms with Crippen LogP contribution in [-0.2, 0) is 11.0 Å². The Morgan fingerprint density at radius 1 is 1.09 bits per heavy atom. The first kappa shape index (κ1) is 17.0. The van der Waals surface area contributed by atoms with Gasteiger partial charge in [0, 0.05) is 29.6 Å². The van der Waals surface area contributed by atoms with Gasteiger partial charge in [-0.25, -0.2) is 0 Å². The van der Waals surface area contributed by atoms with E-state index in [2.05, 4.69) is 10.6 Å². The summed E-state index contributed by atoms with van der Waals surface area (Å²) in [6.45, 7) is 0.140. The predicted molar refractivity (Wildman–Crippen MR) is 81.3 cm³/mol. The molecule has 0 radical (unpaired) electrons. The molecule has 2 rings (SSSR count). The van der Waals surface area contributed by atoms with E-state index in [9.17, 15) is 22.8 Å². The van der Waals surface area contributed by atoms with Gasteiger partial charge in [-0.05, 0) is 35.7 Å². The third-order valence-electron chi connectivity index (χ3n) is 2.92. The molecule has 0 unspecified atom stereocenters. The monoisotopic (exact) mass is 342 g/mol. The lowest BCUT2D eigenvalue weighted by molar-refractivity contribution is -0.137. The molecule has 4 nitrogen and oxygen atoms in total. The highest BCUT2D eigenvalue weighted by atomic mass is 32.1. The number of nitrogens with one attached hydrogen (secondary N) is 2. The maximum atomic E-state index is 12.4. The molecular weight excluding hydrogens is 329 g/mol. The van der Waals surface area contributed by atoms with E-state index in [1.54, 1.807) is 16.8 Å².